The second-order valence-corrected chi connectivity index (χ2v) is 5.09. The number of carbonyl (C=O) groups is 1. The molecule has 0 atom stereocenters. The monoisotopic (exact) mass is 310 g/mol. The second-order valence-electron chi connectivity index (χ2n) is 3.14. The molecule has 0 amide bonds. The molecule has 17 heavy (non-hydrogen) atoms. The average Bonchev–Trinajstić information content (AvgIpc) is 2.31. The summed E-state index contributed by atoms with van der Waals surface area (Å²) in [5.41, 5.74) is 0.336. The molecule has 1 aromatic heterocycles. The topological polar surface area (TPSA) is 62.8 Å². The van der Waals surface area contributed by atoms with Gasteiger partial charge in [0.2, 0.25) is 0 Å². The molecule has 0 saturated heterocycles. The number of aromatic amines is 1. The number of hydrogen-bond donors (Lipinski definition) is 1. The largest absolute Gasteiger partial charge is 0.301 e. The van der Waals surface area contributed by atoms with Crippen molar-refractivity contribution in [3.05, 3.63) is 50.9 Å². The Morgan fingerprint density at radius 2 is 2.18 bits per heavy atom. The molecule has 0 aliphatic carbocycles. The van der Waals surface area contributed by atoms with Gasteiger partial charge in [-0.1, -0.05) is 27.7 Å². The minimum Gasteiger partial charge on any atom is -0.301 e. The summed E-state index contributed by atoms with van der Waals surface area (Å²) < 4.78 is 0.832. The van der Waals surface area contributed by atoms with Crippen molar-refractivity contribution in [1.29, 1.82) is 0 Å². The van der Waals surface area contributed by atoms with E-state index in [-0.39, 0.29) is 5.56 Å². The molecular weight excluding hydrogens is 304 g/mol. The van der Waals surface area contributed by atoms with Crippen LogP contribution in [-0.2, 0) is 0 Å². The van der Waals surface area contributed by atoms with Gasteiger partial charge in [-0.2, -0.15) is 0 Å². The predicted molar refractivity (Wildman–Crippen MR) is 68.5 cm³/mol. The third-order valence-electron chi connectivity index (χ3n) is 1.95. The number of nitrogens with zero attached hydrogens (tertiary/aromatic N) is 1. The highest BCUT2D eigenvalue weighted by Crippen LogP contribution is 2.28. The Kier molecular flexibility index (Phi) is 3.75. The number of rotatable bonds is 3. The van der Waals surface area contributed by atoms with Crippen LogP contribution in [0.25, 0.3) is 0 Å². The summed E-state index contributed by atoms with van der Waals surface area (Å²) in [6.07, 6.45) is 2.20. The van der Waals surface area contributed by atoms with E-state index < -0.39 is 0 Å². The van der Waals surface area contributed by atoms with Crippen molar-refractivity contribution in [3.8, 4) is 0 Å². The molecule has 0 radical (unpaired) electrons. The molecule has 86 valence electrons. The number of H-pyrrole nitrogens is 1. The van der Waals surface area contributed by atoms with Gasteiger partial charge in [0.25, 0.3) is 5.56 Å². The third-order valence-corrected chi connectivity index (χ3v) is 3.44. The van der Waals surface area contributed by atoms with Crippen LogP contribution in [0, 0.1) is 0 Å². The van der Waals surface area contributed by atoms with Crippen molar-refractivity contribution in [2.45, 2.75) is 10.1 Å². The molecule has 0 unspecified atom stereocenters. The maximum absolute atomic E-state index is 11.1. The first-order chi connectivity index (χ1) is 8.19. The molecule has 0 aliphatic rings. The summed E-state index contributed by atoms with van der Waals surface area (Å²) in [4.78, 5) is 29.4. The summed E-state index contributed by atoms with van der Waals surface area (Å²) >= 11 is 4.54. The van der Waals surface area contributed by atoms with Crippen molar-refractivity contribution in [3.63, 3.8) is 0 Å². The van der Waals surface area contributed by atoms with Gasteiger partial charge in [0, 0.05) is 27.2 Å². The van der Waals surface area contributed by atoms with Gasteiger partial charge < -0.3 is 4.98 Å². The van der Waals surface area contributed by atoms with E-state index in [1.165, 1.54) is 24.0 Å². The fourth-order valence-electron chi connectivity index (χ4n) is 1.21. The highest BCUT2D eigenvalue weighted by atomic mass is 79.9. The van der Waals surface area contributed by atoms with E-state index in [0.717, 1.165) is 15.7 Å². The molecule has 2 rings (SSSR count). The Labute approximate surface area is 110 Å². The number of benzene rings is 1. The van der Waals surface area contributed by atoms with Crippen LogP contribution in [0.15, 0.2) is 49.8 Å². The fourth-order valence-corrected chi connectivity index (χ4v) is 2.43. The van der Waals surface area contributed by atoms with Crippen LogP contribution in [-0.4, -0.2) is 16.3 Å². The van der Waals surface area contributed by atoms with Crippen molar-refractivity contribution in [2.24, 2.45) is 0 Å². The number of aromatic nitrogens is 2. The molecule has 4 nitrogen and oxygen atoms in total. The van der Waals surface area contributed by atoms with Crippen LogP contribution >= 0.6 is 27.7 Å². The lowest BCUT2D eigenvalue weighted by atomic mass is 10.2. The second kappa shape index (κ2) is 5.29. The Balaban J connectivity index is 2.36. The van der Waals surface area contributed by atoms with Crippen LogP contribution in [0.4, 0.5) is 0 Å². The van der Waals surface area contributed by atoms with Crippen LogP contribution < -0.4 is 5.56 Å². The number of hydrogen-bond acceptors (Lipinski definition) is 4. The fraction of sp³-hybridized carbons (Fsp3) is 0. The quantitative estimate of drug-likeness (QED) is 0.699. The van der Waals surface area contributed by atoms with Gasteiger partial charge in [0.1, 0.15) is 0 Å². The molecule has 1 N–H and O–H groups in total. The lowest BCUT2D eigenvalue weighted by Crippen LogP contribution is -2.05. The van der Waals surface area contributed by atoms with Crippen molar-refractivity contribution >= 4 is 34.0 Å². The molecule has 0 spiro atoms. The van der Waals surface area contributed by atoms with Gasteiger partial charge in [-0.3, -0.25) is 9.59 Å². The van der Waals surface area contributed by atoms with Crippen LogP contribution in [0.5, 0.6) is 0 Å². The number of aldehydes is 1. The summed E-state index contributed by atoms with van der Waals surface area (Å²) in [7, 11) is 0. The average molecular weight is 311 g/mol. The summed E-state index contributed by atoms with van der Waals surface area (Å²) in [5.74, 6) is 0. The van der Waals surface area contributed by atoms with Gasteiger partial charge in [-0.05, 0) is 18.2 Å². The highest BCUT2D eigenvalue weighted by Gasteiger charge is 2.06. The smallest absolute Gasteiger partial charge is 0.251 e. The Morgan fingerprint density at radius 3 is 2.88 bits per heavy atom. The standard InChI is InChI=1S/C11H7BrN2O2S/c12-8-1-2-9(7(5-8)6-15)17-11-13-4-3-10(16)14-11/h1-6H,(H,13,14,16). The SMILES string of the molecule is O=Cc1cc(Br)ccc1Sc1nccc(=O)[nH]1. The van der Waals surface area contributed by atoms with E-state index in [4.69, 9.17) is 0 Å². The van der Waals surface area contributed by atoms with Crippen molar-refractivity contribution in [2.75, 3.05) is 0 Å². The molecule has 1 aromatic carbocycles. The van der Waals surface area contributed by atoms with Crippen molar-refractivity contribution in [1.82, 2.24) is 9.97 Å². The minimum atomic E-state index is -0.215. The predicted octanol–water partition coefficient (Wildman–Crippen LogP) is 2.50. The molecule has 0 fully saturated rings. The lowest BCUT2D eigenvalue weighted by Gasteiger charge is -2.03. The maximum Gasteiger partial charge on any atom is 0.251 e. The number of carbonyl (C=O) groups excluding carboxylic acids is 1. The van der Waals surface area contributed by atoms with Crippen LogP contribution in [0.1, 0.15) is 10.4 Å². The molecule has 0 saturated carbocycles. The third kappa shape index (κ3) is 3.04. The minimum absolute atomic E-state index is 0.215. The van der Waals surface area contributed by atoms with Gasteiger partial charge >= 0.3 is 0 Å². The van der Waals surface area contributed by atoms with Gasteiger partial charge in [-0.25, -0.2) is 4.98 Å². The molecular formula is C11H7BrN2O2S. The molecule has 6 heteroatoms. The van der Waals surface area contributed by atoms with E-state index in [2.05, 4.69) is 25.9 Å². The summed E-state index contributed by atoms with van der Waals surface area (Å²) in [5, 5.41) is 0.461. The number of halogens is 1. The van der Waals surface area contributed by atoms with E-state index >= 15 is 0 Å². The van der Waals surface area contributed by atoms with Crippen molar-refractivity contribution < 1.29 is 4.79 Å². The van der Waals surface area contributed by atoms with E-state index in [9.17, 15) is 9.59 Å². The zero-order chi connectivity index (χ0) is 12.3. The zero-order valence-corrected chi connectivity index (χ0v) is 10.9. The summed E-state index contributed by atoms with van der Waals surface area (Å²) in [6.45, 7) is 0. The molecule has 0 bridgehead atoms. The van der Waals surface area contributed by atoms with E-state index in [1.807, 2.05) is 6.07 Å². The van der Waals surface area contributed by atoms with Gasteiger partial charge in [-0.15, -0.1) is 0 Å². The van der Waals surface area contributed by atoms with E-state index in [1.54, 1.807) is 12.1 Å². The van der Waals surface area contributed by atoms with Gasteiger partial charge in [0.05, 0.1) is 0 Å². The molecule has 0 aliphatic heterocycles. The highest BCUT2D eigenvalue weighted by molar-refractivity contribution is 9.10. The zero-order valence-electron chi connectivity index (χ0n) is 8.51. The number of nitrogens with one attached hydrogen (secondary N) is 1. The van der Waals surface area contributed by atoms with Crippen LogP contribution in [0.2, 0.25) is 0 Å². The lowest BCUT2D eigenvalue weighted by molar-refractivity contribution is 0.112. The Bertz CT molecular complexity index is 612. The summed E-state index contributed by atoms with van der Waals surface area (Å²) in [6, 6.07) is 6.69. The Morgan fingerprint density at radius 1 is 1.35 bits per heavy atom. The maximum atomic E-state index is 11.1. The molecule has 1 heterocycles. The normalized spacial score (nSPS) is 10.2. The van der Waals surface area contributed by atoms with E-state index in [0.29, 0.717) is 10.7 Å². The Hall–Kier alpha value is -1.40. The first kappa shape index (κ1) is 12.1. The van der Waals surface area contributed by atoms with Gasteiger partial charge in [0.15, 0.2) is 11.4 Å². The first-order valence-corrected chi connectivity index (χ1v) is 6.28. The molecule has 2 aromatic rings. The van der Waals surface area contributed by atoms with Crippen LogP contribution in [0.3, 0.4) is 0 Å². The first-order valence-electron chi connectivity index (χ1n) is 4.67.